The van der Waals surface area contributed by atoms with Gasteiger partial charge >= 0.3 is 0 Å². The van der Waals surface area contributed by atoms with Gasteiger partial charge in [-0.05, 0) is 31.4 Å². The highest BCUT2D eigenvalue weighted by Gasteiger charge is 2.40. The fourth-order valence-corrected chi connectivity index (χ4v) is 4.76. The standard InChI is InChI=1S/C21H29N3O2/c25-20-15-17(16-24(20)19-9-4-5-10-19)21(26)23-12-6-11-22(13-14-23)18-7-2-1-3-8-18/h1-3,7-8,17,19H,4-6,9-16H2. The van der Waals surface area contributed by atoms with Crippen molar-refractivity contribution in [3.8, 4) is 0 Å². The van der Waals surface area contributed by atoms with E-state index >= 15 is 0 Å². The first kappa shape index (κ1) is 17.4. The maximum atomic E-state index is 13.0. The van der Waals surface area contributed by atoms with Crippen molar-refractivity contribution in [2.24, 2.45) is 5.92 Å². The van der Waals surface area contributed by atoms with Crippen molar-refractivity contribution in [3.63, 3.8) is 0 Å². The van der Waals surface area contributed by atoms with Gasteiger partial charge in [-0.2, -0.15) is 0 Å². The molecular formula is C21H29N3O2. The third kappa shape index (κ3) is 3.57. The second-order valence-electron chi connectivity index (χ2n) is 7.89. The Morgan fingerprint density at radius 1 is 0.923 bits per heavy atom. The number of hydrogen-bond donors (Lipinski definition) is 0. The van der Waals surface area contributed by atoms with Gasteiger partial charge in [0.2, 0.25) is 11.8 Å². The molecule has 0 radical (unpaired) electrons. The quantitative estimate of drug-likeness (QED) is 0.837. The molecule has 1 aromatic rings. The van der Waals surface area contributed by atoms with E-state index in [0.29, 0.717) is 19.0 Å². The summed E-state index contributed by atoms with van der Waals surface area (Å²) in [6.07, 6.45) is 6.05. The summed E-state index contributed by atoms with van der Waals surface area (Å²) in [6, 6.07) is 10.8. The summed E-state index contributed by atoms with van der Waals surface area (Å²) in [5.74, 6) is 0.246. The minimum absolute atomic E-state index is 0.133. The highest BCUT2D eigenvalue weighted by molar-refractivity contribution is 5.89. The summed E-state index contributed by atoms with van der Waals surface area (Å²) >= 11 is 0. The van der Waals surface area contributed by atoms with Gasteiger partial charge in [0.25, 0.3) is 0 Å². The first-order valence-electron chi connectivity index (χ1n) is 10.1. The summed E-state index contributed by atoms with van der Waals surface area (Å²) in [6.45, 7) is 4.04. The Labute approximate surface area is 155 Å². The van der Waals surface area contributed by atoms with E-state index in [4.69, 9.17) is 0 Å². The van der Waals surface area contributed by atoms with Crippen molar-refractivity contribution in [3.05, 3.63) is 30.3 Å². The number of anilines is 1. The lowest BCUT2D eigenvalue weighted by molar-refractivity contribution is -0.135. The Morgan fingerprint density at radius 3 is 2.46 bits per heavy atom. The molecule has 2 amide bonds. The molecule has 1 aliphatic carbocycles. The SMILES string of the molecule is O=C(C1CC(=O)N(C2CCCC2)C1)N1CCCN(c2ccccc2)CC1. The van der Waals surface area contributed by atoms with Crippen LogP contribution in [0, 0.1) is 5.92 Å². The van der Waals surface area contributed by atoms with Crippen LogP contribution in [0.25, 0.3) is 0 Å². The molecule has 5 nitrogen and oxygen atoms in total. The minimum Gasteiger partial charge on any atom is -0.370 e. The number of rotatable bonds is 3. The normalized spacial score (nSPS) is 25.0. The summed E-state index contributed by atoms with van der Waals surface area (Å²) in [5, 5.41) is 0. The Morgan fingerprint density at radius 2 is 1.69 bits per heavy atom. The van der Waals surface area contributed by atoms with E-state index in [1.165, 1.54) is 18.5 Å². The maximum absolute atomic E-state index is 13.0. The molecule has 0 N–H and O–H groups in total. The fourth-order valence-electron chi connectivity index (χ4n) is 4.76. The molecule has 3 fully saturated rings. The van der Waals surface area contributed by atoms with Crippen LogP contribution in [0.1, 0.15) is 38.5 Å². The van der Waals surface area contributed by atoms with Crippen LogP contribution in [0.3, 0.4) is 0 Å². The zero-order valence-electron chi connectivity index (χ0n) is 15.5. The van der Waals surface area contributed by atoms with E-state index in [-0.39, 0.29) is 17.7 Å². The van der Waals surface area contributed by atoms with Gasteiger partial charge in [0.15, 0.2) is 0 Å². The largest absolute Gasteiger partial charge is 0.370 e. The molecule has 0 aromatic heterocycles. The smallest absolute Gasteiger partial charge is 0.228 e. The lowest BCUT2D eigenvalue weighted by atomic mass is 10.1. The number of likely N-dealkylation sites (tertiary alicyclic amines) is 1. The number of carbonyl (C=O) groups is 2. The van der Waals surface area contributed by atoms with Crippen molar-refractivity contribution in [2.75, 3.05) is 37.6 Å². The highest BCUT2D eigenvalue weighted by Crippen LogP contribution is 2.30. The first-order valence-corrected chi connectivity index (χ1v) is 10.1. The molecule has 26 heavy (non-hydrogen) atoms. The zero-order valence-corrected chi connectivity index (χ0v) is 15.5. The van der Waals surface area contributed by atoms with Crippen LogP contribution in [0.2, 0.25) is 0 Å². The van der Waals surface area contributed by atoms with Gasteiger partial charge in [0.1, 0.15) is 0 Å². The molecule has 1 aromatic carbocycles. The van der Waals surface area contributed by atoms with E-state index in [2.05, 4.69) is 29.2 Å². The molecular weight excluding hydrogens is 326 g/mol. The van der Waals surface area contributed by atoms with Crippen molar-refractivity contribution in [2.45, 2.75) is 44.6 Å². The number of nitrogens with zero attached hydrogens (tertiary/aromatic N) is 3. The van der Waals surface area contributed by atoms with Crippen LogP contribution >= 0.6 is 0 Å². The van der Waals surface area contributed by atoms with E-state index < -0.39 is 0 Å². The number of para-hydroxylation sites is 1. The van der Waals surface area contributed by atoms with E-state index in [0.717, 1.165) is 45.4 Å². The average molecular weight is 355 g/mol. The summed E-state index contributed by atoms with van der Waals surface area (Å²) < 4.78 is 0. The average Bonchev–Trinajstić information content (AvgIpc) is 3.25. The Bertz CT molecular complexity index is 642. The molecule has 140 valence electrons. The molecule has 2 aliphatic heterocycles. The van der Waals surface area contributed by atoms with Crippen molar-refractivity contribution in [1.29, 1.82) is 0 Å². The Kier molecular flexibility index (Phi) is 5.14. The van der Waals surface area contributed by atoms with Gasteiger partial charge in [-0.15, -0.1) is 0 Å². The maximum Gasteiger partial charge on any atom is 0.228 e. The minimum atomic E-state index is -0.133. The van der Waals surface area contributed by atoms with Crippen molar-refractivity contribution >= 4 is 17.5 Å². The topological polar surface area (TPSA) is 43.9 Å². The predicted molar refractivity (Wildman–Crippen MR) is 102 cm³/mol. The number of carbonyl (C=O) groups excluding carboxylic acids is 2. The molecule has 0 bridgehead atoms. The molecule has 5 heteroatoms. The van der Waals surface area contributed by atoms with Gasteiger partial charge in [-0.25, -0.2) is 0 Å². The second-order valence-corrected chi connectivity index (χ2v) is 7.89. The zero-order chi connectivity index (χ0) is 17.9. The van der Waals surface area contributed by atoms with Gasteiger partial charge in [0, 0.05) is 50.9 Å². The molecule has 2 heterocycles. The number of benzene rings is 1. The summed E-state index contributed by atoms with van der Waals surface area (Å²) in [5.41, 5.74) is 1.23. The van der Waals surface area contributed by atoms with E-state index in [1.807, 2.05) is 15.9 Å². The monoisotopic (exact) mass is 355 g/mol. The molecule has 1 unspecified atom stereocenters. The Balaban J connectivity index is 1.35. The number of amides is 2. The molecule has 1 atom stereocenters. The summed E-state index contributed by atoms with van der Waals surface area (Å²) in [7, 11) is 0. The van der Waals surface area contributed by atoms with Crippen molar-refractivity contribution in [1.82, 2.24) is 9.80 Å². The van der Waals surface area contributed by atoms with Crippen LogP contribution < -0.4 is 4.90 Å². The molecule has 4 rings (SSSR count). The van der Waals surface area contributed by atoms with Crippen LogP contribution in [0.15, 0.2) is 30.3 Å². The Hall–Kier alpha value is -2.04. The molecule has 1 saturated carbocycles. The van der Waals surface area contributed by atoms with Crippen LogP contribution in [-0.4, -0.2) is 60.4 Å². The van der Waals surface area contributed by atoms with Gasteiger partial charge in [0.05, 0.1) is 5.92 Å². The lowest BCUT2D eigenvalue weighted by Gasteiger charge is -2.26. The van der Waals surface area contributed by atoms with E-state index in [9.17, 15) is 9.59 Å². The second kappa shape index (κ2) is 7.68. The van der Waals surface area contributed by atoms with Crippen LogP contribution in [-0.2, 0) is 9.59 Å². The van der Waals surface area contributed by atoms with Gasteiger partial charge in [-0.3, -0.25) is 9.59 Å². The number of hydrogen-bond acceptors (Lipinski definition) is 3. The molecule has 0 spiro atoms. The highest BCUT2D eigenvalue weighted by atomic mass is 16.2. The third-order valence-electron chi connectivity index (χ3n) is 6.20. The van der Waals surface area contributed by atoms with Crippen LogP contribution in [0.4, 0.5) is 5.69 Å². The van der Waals surface area contributed by atoms with E-state index in [1.54, 1.807) is 0 Å². The van der Waals surface area contributed by atoms with Crippen LogP contribution in [0.5, 0.6) is 0 Å². The van der Waals surface area contributed by atoms with Crippen molar-refractivity contribution < 1.29 is 9.59 Å². The molecule has 3 aliphatic rings. The molecule has 2 saturated heterocycles. The predicted octanol–water partition coefficient (Wildman–Crippen LogP) is 2.52. The first-order chi connectivity index (χ1) is 12.7. The van der Waals surface area contributed by atoms with Gasteiger partial charge in [-0.1, -0.05) is 31.0 Å². The van der Waals surface area contributed by atoms with Gasteiger partial charge < -0.3 is 14.7 Å². The lowest BCUT2D eigenvalue weighted by Crippen LogP contribution is -2.41. The summed E-state index contributed by atoms with van der Waals surface area (Å²) in [4.78, 5) is 31.8. The fraction of sp³-hybridized carbons (Fsp3) is 0.619. The third-order valence-corrected chi connectivity index (χ3v) is 6.20.